The molecule has 3 aromatic rings. The van der Waals surface area contributed by atoms with Crippen LogP contribution in [0, 0.1) is 0 Å². The van der Waals surface area contributed by atoms with Gasteiger partial charge < -0.3 is 21.5 Å². The van der Waals surface area contributed by atoms with Crippen molar-refractivity contribution in [3.63, 3.8) is 0 Å². The molecule has 0 spiro atoms. The molecule has 1 atom stereocenters. The molecule has 212 valence electrons. The number of ether oxygens (including phenoxy) is 1. The number of thiophene rings is 1. The normalized spacial score (nSPS) is 12.3. The summed E-state index contributed by atoms with van der Waals surface area (Å²) in [4.78, 5) is 40.6. The van der Waals surface area contributed by atoms with Crippen LogP contribution in [-0.4, -0.2) is 51.0 Å². The van der Waals surface area contributed by atoms with Gasteiger partial charge in [0.15, 0.2) is 5.96 Å². The van der Waals surface area contributed by atoms with Crippen LogP contribution >= 0.6 is 11.3 Å². The van der Waals surface area contributed by atoms with Gasteiger partial charge >= 0.3 is 18.1 Å². The Bertz CT molecular complexity index is 1500. The van der Waals surface area contributed by atoms with Crippen molar-refractivity contribution in [2.24, 2.45) is 16.5 Å². The Morgan fingerprint density at radius 3 is 2.23 bits per heavy atom. The largest absolute Gasteiger partial charge is 0.491 e. The van der Waals surface area contributed by atoms with Crippen molar-refractivity contribution < 1.29 is 40.7 Å². The Morgan fingerprint density at radius 2 is 1.62 bits per heavy atom. The summed E-state index contributed by atoms with van der Waals surface area (Å²) in [6, 6.07) is 14.8. The number of guanidine groups is 1. The number of halogens is 3. The van der Waals surface area contributed by atoms with E-state index in [0.29, 0.717) is 4.88 Å². The molecule has 0 aliphatic carbocycles. The van der Waals surface area contributed by atoms with Crippen molar-refractivity contribution in [1.29, 1.82) is 0 Å². The van der Waals surface area contributed by atoms with Gasteiger partial charge in [-0.25, -0.2) is 23.0 Å². The number of rotatable bonds is 10. The zero-order valence-corrected chi connectivity index (χ0v) is 22.0. The highest BCUT2D eigenvalue weighted by atomic mass is 32.2. The topological polar surface area (TPSA) is 183 Å². The Balaban J connectivity index is 1.73. The Kier molecular flexibility index (Phi) is 9.62. The average molecular weight is 598 g/mol. The third-order valence-electron chi connectivity index (χ3n) is 5.04. The van der Waals surface area contributed by atoms with E-state index in [2.05, 4.69) is 15.0 Å². The molecule has 0 fully saturated rings. The van der Waals surface area contributed by atoms with Crippen LogP contribution < -0.4 is 21.5 Å². The maximum absolute atomic E-state index is 12.7. The van der Waals surface area contributed by atoms with Crippen molar-refractivity contribution in [3.05, 3.63) is 77.2 Å². The lowest BCUT2D eigenvalue weighted by molar-refractivity contribution is -0.202. The molecule has 11 nitrogen and oxygen atoms in total. The van der Waals surface area contributed by atoms with Gasteiger partial charge in [0.2, 0.25) is 10.0 Å². The van der Waals surface area contributed by atoms with Crippen LogP contribution in [0.1, 0.15) is 15.2 Å². The number of nitrogens with two attached hydrogens (primary N) is 2. The second-order valence-electron chi connectivity index (χ2n) is 8.01. The lowest BCUT2D eigenvalue weighted by Gasteiger charge is -2.18. The molecule has 1 unspecified atom stereocenters. The van der Waals surface area contributed by atoms with Crippen LogP contribution in [0.3, 0.4) is 0 Å². The highest BCUT2D eigenvalue weighted by Gasteiger charge is 2.44. The molecule has 0 saturated heterocycles. The number of esters is 2. The number of amides is 1. The fraction of sp³-hybridized carbons (Fsp3) is 0.167. The number of hydrogen-bond donors (Lipinski definition) is 4. The molecule has 2 aromatic carbocycles. The average Bonchev–Trinajstić information content (AvgIpc) is 3.40. The molecule has 3 rings (SSSR count). The summed E-state index contributed by atoms with van der Waals surface area (Å²) in [6.45, 7) is -0.533. The minimum atomic E-state index is -5.50. The van der Waals surface area contributed by atoms with Crippen LogP contribution in [0.15, 0.2) is 76.6 Å². The lowest BCUT2D eigenvalue weighted by Crippen LogP contribution is -2.50. The van der Waals surface area contributed by atoms with Crippen molar-refractivity contribution >= 4 is 45.2 Å². The monoisotopic (exact) mass is 597 g/mol. The van der Waals surface area contributed by atoms with Crippen molar-refractivity contribution in [2.45, 2.75) is 23.7 Å². The molecule has 40 heavy (non-hydrogen) atoms. The van der Waals surface area contributed by atoms with Gasteiger partial charge in [-0.1, -0.05) is 42.5 Å². The predicted molar refractivity (Wildman–Crippen MR) is 139 cm³/mol. The van der Waals surface area contributed by atoms with Crippen molar-refractivity contribution in [1.82, 2.24) is 10.0 Å². The number of carbonyl (C=O) groups excluding carboxylic acids is 3. The summed E-state index contributed by atoms with van der Waals surface area (Å²) in [6.07, 6.45) is -5.50. The first-order valence-corrected chi connectivity index (χ1v) is 13.5. The van der Waals surface area contributed by atoms with E-state index in [-0.39, 0.29) is 22.3 Å². The maximum Gasteiger partial charge on any atom is 0.491 e. The van der Waals surface area contributed by atoms with E-state index in [1.165, 1.54) is 36.4 Å². The first-order valence-electron chi connectivity index (χ1n) is 11.2. The molecule has 0 saturated carbocycles. The molecule has 0 aliphatic rings. The number of benzene rings is 2. The second kappa shape index (κ2) is 12.7. The van der Waals surface area contributed by atoms with Gasteiger partial charge in [-0.2, -0.15) is 17.9 Å². The number of hydrogen-bond acceptors (Lipinski definition) is 8. The maximum atomic E-state index is 12.7. The predicted octanol–water partition coefficient (Wildman–Crippen LogP) is 1.90. The zero-order chi connectivity index (χ0) is 29.5. The Morgan fingerprint density at radius 1 is 0.975 bits per heavy atom. The minimum Gasteiger partial charge on any atom is -0.385 e. The summed E-state index contributed by atoms with van der Waals surface area (Å²) in [7, 11) is -4.45. The molecule has 0 radical (unpaired) electrons. The summed E-state index contributed by atoms with van der Waals surface area (Å²) >= 11 is 1.06. The van der Waals surface area contributed by atoms with Gasteiger partial charge in [-0.15, -0.1) is 11.3 Å². The van der Waals surface area contributed by atoms with Gasteiger partial charge in [-0.05, 0) is 35.4 Å². The van der Waals surface area contributed by atoms with Gasteiger partial charge in [0.05, 0.1) is 16.3 Å². The molecule has 16 heteroatoms. The first kappa shape index (κ1) is 30.3. The van der Waals surface area contributed by atoms with E-state index >= 15 is 0 Å². The second-order valence-corrected chi connectivity index (χ2v) is 10.8. The lowest BCUT2D eigenvalue weighted by atomic mass is 10.1. The number of nitrogens with one attached hydrogen (secondary N) is 2. The van der Waals surface area contributed by atoms with Gasteiger partial charge in [0, 0.05) is 11.4 Å². The number of carbonyl (C=O) groups is 3. The summed E-state index contributed by atoms with van der Waals surface area (Å²) in [5.74, 6) is -5.48. The molecule has 1 heterocycles. The van der Waals surface area contributed by atoms with Gasteiger partial charge in [0.1, 0.15) is 6.04 Å². The summed E-state index contributed by atoms with van der Waals surface area (Å²) < 4.78 is 68.7. The van der Waals surface area contributed by atoms with E-state index in [1.54, 1.807) is 30.3 Å². The third kappa shape index (κ3) is 8.36. The number of sulfonamides is 1. The highest BCUT2D eigenvalue weighted by molar-refractivity contribution is 7.89. The van der Waals surface area contributed by atoms with Crippen LogP contribution in [0.4, 0.5) is 13.2 Å². The third-order valence-corrected chi connectivity index (χ3v) is 7.66. The van der Waals surface area contributed by atoms with Crippen LogP contribution in [-0.2, 0) is 30.9 Å². The zero-order valence-electron chi connectivity index (χ0n) is 20.3. The molecule has 0 bridgehead atoms. The summed E-state index contributed by atoms with van der Waals surface area (Å²) in [5.41, 5.74) is 12.2. The van der Waals surface area contributed by atoms with Crippen molar-refractivity contribution in [3.8, 4) is 10.4 Å². The van der Waals surface area contributed by atoms with E-state index in [4.69, 9.17) is 11.5 Å². The number of aliphatic imine (C=N–C) groups is 1. The van der Waals surface area contributed by atoms with Crippen molar-refractivity contribution in [2.75, 3.05) is 6.54 Å². The van der Waals surface area contributed by atoms with Crippen LogP contribution in [0.5, 0.6) is 0 Å². The van der Waals surface area contributed by atoms with Crippen LogP contribution in [0.25, 0.3) is 10.4 Å². The quantitative estimate of drug-likeness (QED) is 0.118. The van der Waals surface area contributed by atoms with E-state index in [9.17, 15) is 36.0 Å². The first-order chi connectivity index (χ1) is 18.8. The fourth-order valence-electron chi connectivity index (χ4n) is 3.10. The fourth-order valence-corrected chi connectivity index (χ4v) is 5.24. The number of alkyl halides is 3. The van der Waals surface area contributed by atoms with Gasteiger partial charge in [-0.3, -0.25) is 4.79 Å². The minimum absolute atomic E-state index is 0.0479. The smallest absolute Gasteiger partial charge is 0.385 e. The molecule has 1 amide bonds. The molecular formula is C24H22F3N5O6S2. The van der Waals surface area contributed by atoms with E-state index < -0.39 is 46.6 Å². The van der Waals surface area contributed by atoms with Crippen LogP contribution in [0.2, 0.25) is 0 Å². The Hall–Kier alpha value is -4.28. The SMILES string of the molecule is NC(N)=NCc1ccc(-c2ccc(C(=O)NCC(NS(=O)(=O)c3ccccc3)C(=O)OC(=O)C(F)(F)F)s2)cc1. The van der Waals surface area contributed by atoms with E-state index in [1.807, 2.05) is 4.72 Å². The standard InChI is InChI=1S/C24H22F3N5O6S2/c25-24(26,27)22(35)38-21(34)17(32-40(36,37)16-4-2-1-3-5-16)13-30-20(33)19-11-10-18(39-19)15-8-6-14(7-9-15)12-31-23(28)29/h1-11,17,32H,12-13H2,(H,30,33)(H4,28,29,31). The summed E-state index contributed by atoms with van der Waals surface area (Å²) in [5, 5.41) is 2.28. The molecule has 1 aromatic heterocycles. The Labute approximate surface area is 230 Å². The molecule has 6 N–H and O–H groups in total. The number of nitrogens with zero attached hydrogens (tertiary/aromatic N) is 1. The van der Waals surface area contributed by atoms with E-state index in [0.717, 1.165) is 22.5 Å². The molecule has 0 aliphatic heterocycles. The van der Waals surface area contributed by atoms with Gasteiger partial charge in [0.25, 0.3) is 5.91 Å². The molecular weight excluding hydrogens is 575 g/mol. The highest BCUT2D eigenvalue weighted by Crippen LogP contribution is 2.28.